The predicted molar refractivity (Wildman–Crippen MR) is 68.1 cm³/mol. The summed E-state index contributed by atoms with van der Waals surface area (Å²) < 4.78 is 26.2. The van der Waals surface area contributed by atoms with Crippen molar-refractivity contribution in [2.75, 3.05) is 5.32 Å². The molecule has 3 nitrogen and oxygen atoms in total. The smallest absolute Gasteiger partial charge is 0.337 e. The van der Waals surface area contributed by atoms with Crippen LogP contribution in [0.15, 0.2) is 36.4 Å². The van der Waals surface area contributed by atoms with Crippen LogP contribution in [0, 0.1) is 11.6 Å². The molecule has 0 aliphatic carbocycles. The minimum atomic E-state index is -1.19. The molecule has 0 bridgehead atoms. The van der Waals surface area contributed by atoms with Gasteiger partial charge in [-0.15, -0.1) is 0 Å². The van der Waals surface area contributed by atoms with Gasteiger partial charge < -0.3 is 10.4 Å². The van der Waals surface area contributed by atoms with E-state index in [1.54, 1.807) is 0 Å². The number of benzene rings is 2. The van der Waals surface area contributed by atoms with Crippen LogP contribution in [0.25, 0.3) is 0 Å². The maximum Gasteiger partial charge on any atom is 0.337 e. The molecule has 0 saturated heterocycles. The first-order chi connectivity index (χ1) is 8.97. The van der Waals surface area contributed by atoms with Gasteiger partial charge in [0.2, 0.25) is 0 Å². The molecule has 0 fully saturated rings. The molecule has 19 heavy (non-hydrogen) atoms. The zero-order valence-corrected chi connectivity index (χ0v) is 10.2. The third kappa shape index (κ3) is 3.00. The van der Waals surface area contributed by atoms with Crippen molar-refractivity contribution in [2.45, 2.75) is 0 Å². The predicted octanol–water partition coefficient (Wildman–Crippen LogP) is 4.06. The second kappa shape index (κ2) is 5.24. The van der Waals surface area contributed by atoms with Crippen molar-refractivity contribution in [2.24, 2.45) is 0 Å². The molecule has 0 aliphatic rings. The summed E-state index contributed by atoms with van der Waals surface area (Å²) in [6.45, 7) is 0. The first kappa shape index (κ1) is 13.3. The fourth-order valence-corrected chi connectivity index (χ4v) is 1.71. The minimum Gasteiger partial charge on any atom is -0.478 e. The van der Waals surface area contributed by atoms with E-state index in [0.717, 1.165) is 12.1 Å². The van der Waals surface area contributed by atoms with Gasteiger partial charge in [0.1, 0.15) is 11.6 Å². The van der Waals surface area contributed by atoms with E-state index in [4.69, 9.17) is 16.7 Å². The second-order valence-corrected chi connectivity index (χ2v) is 4.16. The number of carboxylic acids is 1. The molecule has 0 aromatic heterocycles. The first-order valence-corrected chi connectivity index (χ1v) is 5.60. The van der Waals surface area contributed by atoms with Crippen molar-refractivity contribution in [1.82, 2.24) is 0 Å². The van der Waals surface area contributed by atoms with Gasteiger partial charge in [-0.05, 0) is 30.3 Å². The Morgan fingerprint density at radius 3 is 2.53 bits per heavy atom. The number of rotatable bonds is 3. The van der Waals surface area contributed by atoms with Crippen molar-refractivity contribution in [3.63, 3.8) is 0 Å². The molecule has 0 saturated carbocycles. The fourth-order valence-electron chi connectivity index (χ4n) is 1.51. The number of carboxylic acid groups (broad SMARTS) is 1. The molecule has 2 rings (SSSR count). The Bertz CT molecular complexity index is 647. The molecule has 0 radical (unpaired) electrons. The Balaban J connectivity index is 2.33. The summed E-state index contributed by atoms with van der Waals surface area (Å²) in [7, 11) is 0. The van der Waals surface area contributed by atoms with Gasteiger partial charge >= 0.3 is 5.97 Å². The van der Waals surface area contributed by atoms with Crippen LogP contribution in [0.5, 0.6) is 0 Å². The molecule has 6 heteroatoms. The molecule has 0 amide bonds. The van der Waals surface area contributed by atoms with E-state index in [9.17, 15) is 13.6 Å². The summed E-state index contributed by atoms with van der Waals surface area (Å²) >= 11 is 5.71. The van der Waals surface area contributed by atoms with Gasteiger partial charge in [0, 0.05) is 11.8 Å². The Hall–Kier alpha value is -2.14. The van der Waals surface area contributed by atoms with Crippen LogP contribution in [0.4, 0.5) is 20.2 Å². The van der Waals surface area contributed by atoms with Gasteiger partial charge in [0.25, 0.3) is 0 Å². The Morgan fingerprint density at radius 1 is 1.16 bits per heavy atom. The summed E-state index contributed by atoms with van der Waals surface area (Å²) in [5.41, 5.74) is 0.279. The summed E-state index contributed by atoms with van der Waals surface area (Å²) in [4.78, 5) is 10.9. The summed E-state index contributed by atoms with van der Waals surface area (Å²) in [5, 5.41) is 11.7. The van der Waals surface area contributed by atoms with Crippen LogP contribution in [0.3, 0.4) is 0 Å². The maximum absolute atomic E-state index is 13.4. The van der Waals surface area contributed by atoms with Crippen molar-refractivity contribution >= 4 is 28.9 Å². The lowest BCUT2D eigenvalue weighted by atomic mass is 10.2. The zero-order chi connectivity index (χ0) is 14.0. The largest absolute Gasteiger partial charge is 0.478 e. The van der Waals surface area contributed by atoms with Gasteiger partial charge in [-0.2, -0.15) is 0 Å². The number of nitrogens with one attached hydrogen (secondary N) is 1. The lowest BCUT2D eigenvalue weighted by Crippen LogP contribution is -2.00. The Labute approximate surface area is 112 Å². The first-order valence-electron chi connectivity index (χ1n) is 5.22. The monoisotopic (exact) mass is 283 g/mol. The average molecular weight is 284 g/mol. The van der Waals surface area contributed by atoms with Crippen LogP contribution in [-0.4, -0.2) is 11.1 Å². The highest BCUT2D eigenvalue weighted by Gasteiger charge is 2.10. The van der Waals surface area contributed by atoms with E-state index in [-0.39, 0.29) is 16.3 Å². The maximum atomic E-state index is 13.4. The van der Waals surface area contributed by atoms with Crippen LogP contribution in [0.1, 0.15) is 10.4 Å². The summed E-state index contributed by atoms with van der Waals surface area (Å²) in [6, 6.07) is 7.20. The van der Waals surface area contributed by atoms with Crippen LogP contribution < -0.4 is 5.32 Å². The molecular formula is C13H8ClF2NO2. The topological polar surface area (TPSA) is 49.3 Å². The highest BCUT2D eigenvalue weighted by Crippen LogP contribution is 2.25. The summed E-state index contributed by atoms with van der Waals surface area (Å²) in [6.07, 6.45) is 0. The van der Waals surface area contributed by atoms with E-state index >= 15 is 0 Å². The Morgan fingerprint density at radius 2 is 1.89 bits per heavy atom. The molecule has 0 heterocycles. The fraction of sp³-hybridized carbons (Fsp3) is 0. The third-order valence-corrected chi connectivity index (χ3v) is 2.74. The number of aromatic carboxylic acids is 1. The number of anilines is 2. The van der Waals surface area contributed by atoms with E-state index in [1.807, 2.05) is 0 Å². The summed E-state index contributed by atoms with van der Waals surface area (Å²) in [5.74, 6) is -2.65. The van der Waals surface area contributed by atoms with Crippen molar-refractivity contribution in [1.29, 1.82) is 0 Å². The second-order valence-electron chi connectivity index (χ2n) is 3.75. The van der Waals surface area contributed by atoms with E-state index in [2.05, 4.69) is 5.32 Å². The minimum absolute atomic E-state index is 0.0417. The normalized spacial score (nSPS) is 10.3. The lowest BCUT2D eigenvalue weighted by molar-refractivity contribution is 0.0697. The van der Waals surface area contributed by atoms with Crippen molar-refractivity contribution in [3.8, 4) is 0 Å². The quantitative estimate of drug-likeness (QED) is 0.893. The number of hydrogen-bond donors (Lipinski definition) is 2. The third-order valence-electron chi connectivity index (χ3n) is 2.41. The van der Waals surface area contributed by atoms with Gasteiger partial charge in [-0.25, -0.2) is 13.6 Å². The number of carbonyl (C=O) groups is 1. The zero-order valence-electron chi connectivity index (χ0n) is 9.45. The molecule has 0 aliphatic heterocycles. The van der Waals surface area contributed by atoms with Crippen molar-refractivity contribution in [3.05, 3.63) is 58.6 Å². The molecular weight excluding hydrogens is 276 g/mol. The van der Waals surface area contributed by atoms with Crippen molar-refractivity contribution < 1.29 is 18.7 Å². The number of hydrogen-bond acceptors (Lipinski definition) is 2. The standard InChI is InChI=1S/C13H8ClF2NO2/c14-10-3-2-8(6-9(10)13(18)19)17-12-4-1-7(15)5-11(12)16/h1-6,17H,(H,18,19). The van der Waals surface area contributed by atoms with E-state index < -0.39 is 17.6 Å². The molecule has 2 N–H and O–H groups in total. The van der Waals surface area contributed by atoms with Gasteiger partial charge in [0.05, 0.1) is 16.3 Å². The van der Waals surface area contributed by atoms with E-state index in [1.165, 1.54) is 24.3 Å². The van der Waals surface area contributed by atoms with Gasteiger partial charge in [-0.1, -0.05) is 11.6 Å². The van der Waals surface area contributed by atoms with Crippen LogP contribution in [0.2, 0.25) is 5.02 Å². The molecule has 0 spiro atoms. The highest BCUT2D eigenvalue weighted by molar-refractivity contribution is 6.33. The molecule has 2 aromatic carbocycles. The van der Waals surface area contributed by atoms with Gasteiger partial charge in [0.15, 0.2) is 0 Å². The lowest BCUT2D eigenvalue weighted by Gasteiger charge is -2.09. The molecule has 0 atom stereocenters. The number of halogens is 3. The van der Waals surface area contributed by atoms with E-state index in [0.29, 0.717) is 5.69 Å². The van der Waals surface area contributed by atoms with Gasteiger partial charge in [-0.3, -0.25) is 0 Å². The Kier molecular flexibility index (Phi) is 3.66. The van der Waals surface area contributed by atoms with Crippen LogP contribution in [-0.2, 0) is 0 Å². The molecule has 2 aromatic rings. The molecule has 0 unspecified atom stereocenters. The molecule has 98 valence electrons. The van der Waals surface area contributed by atoms with Crippen LogP contribution >= 0.6 is 11.6 Å². The highest BCUT2D eigenvalue weighted by atomic mass is 35.5. The average Bonchev–Trinajstić information content (AvgIpc) is 2.34. The SMILES string of the molecule is O=C(O)c1cc(Nc2ccc(F)cc2F)ccc1Cl.